The Morgan fingerprint density at radius 3 is 2.45 bits per heavy atom. The molecule has 0 bridgehead atoms. The lowest BCUT2D eigenvalue weighted by Crippen LogP contribution is -2.54. The molecule has 11 atom stereocenters. The molecule has 1 N–H and O–H groups in total. The lowest BCUT2D eigenvalue weighted by Gasteiger charge is -2.61. The topological polar surface area (TPSA) is 38.7 Å². The first-order valence-corrected chi connectivity index (χ1v) is 12.8. The zero-order valence-corrected chi connectivity index (χ0v) is 18.9. The predicted molar refractivity (Wildman–Crippen MR) is 113 cm³/mol. The fourth-order valence-electron chi connectivity index (χ4n) is 9.65. The molecule has 0 unspecified atom stereocenters. The van der Waals surface area contributed by atoms with Crippen molar-refractivity contribution in [1.29, 1.82) is 0 Å². The summed E-state index contributed by atoms with van der Waals surface area (Å²) >= 11 is 0. The van der Waals surface area contributed by atoms with Crippen LogP contribution < -0.4 is 0 Å². The summed E-state index contributed by atoms with van der Waals surface area (Å²) < 4.78 is 13.1. The van der Waals surface area contributed by atoms with Gasteiger partial charge < -0.3 is 14.6 Å². The first kappa shape index (κ1) is 19.6. The van der Waals surface area contributed by atoms with Crippen molar-refractivity contribution in [2.75, 3.05) is 6.61 Å². The van der Waals surface area contributed by atoms with E-state index in [0.29, 0.717) is 28.8 Å². The summed E-state index contributed by atoms with van der Waals surface area (Å²) in [6.45, 7) is 8.42. The van der Waals surface area contributed by atoms with Crippen molar-refractivity contribution in [2.24, 2.45) is 46.3 Å². The lowest BCUT2D eigenvalue weighted by atomic mass is 9.44. The summed E-state index contributed by atoms with van der Waals surface area (Å²) in [6.07, 6.45) is 14.1. The highest BCUT2D eigenvalue weighted by atomic mass is 16.7. The van der Waals surface area contributed by atoms with Crippen molar-refractivity contribution in [2.45, 2.75) is 109 Å². The maximum Gasteiger partial charge on any atom is 0.169 e. The van der Waals surface area contributed by atoms with E-state index in [1.54, 1.807) is 0 Å². The molecule has 4 aliphatic carbocycles. The molecular formula is C26H42O3. The average molecular weight is 403 g/mol. The van der Waals surface area contributed by atoms with Crippen LogP contribution in [0.5, 0.6) is 0 Å². The molecule has 0 aromatic heterocycles. The van der Waals surface area contributed by atoms with Gasteiger partial charge in [0.1, 0.15) is 0 Å². The number of aliphatic hydroxyl groups excluding tert-OH is 1. The van der Waals surface area contributed by atoms with E-state index in [1.165, 1.54) is 44.9 Å². The van der Waals surface area contributed by atoms with Crippen LogP contribution in [0.25, 0.3) is 0 Å². The summed E-state index contributed by atoms with van der Waals surface area (Å²) in [7, 11) is 0. The first-order chi connectivity index (χ1) is 13.8. The van der Waals surface area contributed by atoms with Crippen molar-refractivity contribution in [3.8, 4) is 0 Å². The third-order valence-corrected chi connectivity index (χ3v) is 11.4. The summed E-state index contributed by atoms with van der Waals surface area (Å²) in [5.74, 6) is 4.54. The van der Waals surface area contributed by atoms with E-state index in [4.69, 9.17) is 9.47 Å². The van der Waals surface area contributed by atoms with Crippen LogP contribution in [0.3, 0.4) is 0 Å². The van der Waals surface area contributed by atoms with Gasteiger partial charge in [-0.1, -0.05) is 20.8 Å². The van der Waals surface area contributed by atoms with E-state index < -0.39 is 0 Å². The Morgan fingerprint density at radius 1 is 0.828 bits per heavy atom. The van der Waals surface area contributed by atoms with Gasteiger partial charge in [0.25, 0.3) is 0 Å². The molecule has 0 aromatic carbocycles. The quantitative estimate of drug-likeness (QED) is 0.577. The van der Waals surface area contributed by atoms with Gasteiger partial charge in [0, 0.05) is 12.8 Å². The van der Waals surface area contributed by atoms with Crippen molar-refractivity contribution < 1.29 is 14.6 Å². The molecule has 0 aromatic rings. The standard InChI is InChI=1S/C26H42O3/c1-16-6-11-26(28-15-16)14-22-23(29-26)13-21-19-5-4-17-12-18(27)7-9-24(17,2)20(19)8-10-25(21,22)3/h16-23,27H,4-15H2,1-3H3/t16-,17+,18+,19+,20-,21+,22+,23-,24+,25+,26-/m1/s1. The largest absolute Gasteiger partial charge is 0.393 e. The van der Waals surface area contributed by atoms with Gasteiger partial charge in [-0.2, -0.15) is 0 Å². The smallest absolute Gasteiger partial charge is 0.169 e. The van der Waals surface area contributed by atoms with Gasteiger partial charge in [0.05, 0.1) is 18.8 Å². The predicted octanol–water partition coefficient (Wildman–Crippen LogP) is 5.55. The van der Waals surface area contributed by atoms with Gasteiger partial charge >= 0.3 is 0 Å². The Labute approximate surface area is 177 Å². The third kappa shape index (κ3) is 2.72. The van der Waals surface area contributed by atoms with Crippen LogP contribution in [0.4, 0.5) is 0 Å². The van der Waals surface area contributed by atoms with Gasteiger partial charge in [-0.25, -0.2) is 0 Å². The van der Waals surface area contributed by atoms with Crippen molar-refractivity contribution in [3.05, 3.63) is 0 Å². The second-order valence-electron chi connectivity index (χ2n) is 12.7. The van der Waals surface area contributed by atoms with Gasteiger partial charge in [-0.15, -0.1) is 0 Å². The summed E-state index contributed by atoms with van der Waals surface area (Å²) in [6, 6.07) is 0. The monoisotopic (exact) mass is 402 g/mol. The highest BCUT2D eigenvalue weighted by molar-refractivity contribution is 5.13. The fraction of sp³-hybridized carbons (Fsp3) is 1.00. The van der Waals surface area contributed by atoms with E-state index >= 15 is 0 Å². The van der Waals surface area contributed by atoms with Crippen LogP contribution in [0.2, 0.25) is 0 Å². The number of hydrogen-bond acceptors (Lipinski definition) is 3. The molecule has 2 heterocycles. The van der Waals surface area contributed by atoms with E-state index in [2.05, 4.69) is 20.8 Å². The minimum Gasteiger partial charge on any atom is -0.393 e. The normalized spacial score (nSPS) is 61.7. The van der Waals surface area contributed by atoms with Crippen LogP contribution >= 0.6 is 0 Å². The molecule has 6 aliphatic rings. The molecular weight excluding hydrogens is 360 g/mol. The molecule has 6 rings (SSSR count). The lowest BCUT2D eigenvalue weighted by molar-refractivity contribution is -0.256. The van der Waals surface area contributed by atoms with Gasteiger partial charge in [-0.05, 0) is 104 Å². The van der Waals surface area contributed by atoms with Crippen LogP contribution in [-0.2, 0) is 9.47 Å². The minimum atomic E-state index is -0.240. The summed E-state index contributed by atoms with van der Waals surface area (Å²) in [4.78, 5) is 0. The molecule has 6 fully saturated rings. The molecule has 2 saturated heterocycles. The highest BCUT2D eigenvalue weighted by Gasteiger charge is 2.66. The number of aliphatic hydroxyl groups is 1. The van der Waals surface area contributed by atoms with Crippen LogP contribution in [-0.4, -0.2) is 29.7 Å². The molecule has 1 spiro atoms. The Bertz CT molecular complexity index is 654. The van der Waals surface area contributed by atoms with Crippen molar-refractivity contribution in [3.63, 3.8) is 0 Å². The maximum absolute atomic E-state index is 10.3. The fourth-order valence-corrected chi connectivity index (χ4v) is 9.65. The Balaban J connectivity index is 1.23. The first-order valence-electron chi connectivity index (χ1n) is 12.8. The molecule has 3 nitrogen and oxygen atoms in total. The van der Waals surface area contributed by atoms with Crippen molar-refractivity contribution in [1.82, 2.24) is 0 Å². The van der Waals surface area contributed by atoms with Crippen LogP contribution in [0, 0.1) is 46.3 Å². The molecule has 164 valence electrons. The molecule has 4 saturated carbocycles. The number of ether oxygens (including phenoxy) is 2. The van der Waals surface area contributed by atoms with E-state index in [1.807, 2.05) is 0 Å². The molecule has 0 radical (unpaired) electrons. The van der Waals surface area contributed by atoms with Crippen molar-refractivity contribution >= 4 is 0 Å². The second-order valence-corrected chi connectivity index (χ2v) is 12.7. The van der Waals surface area contributed by atoms with Crippen LogP contribution in [0.1, 0.15) is 91.4 Å². The zero-order chi connectivity index (χ0) is 20.0. The SMILES string of the molecule is C[C@@H]1CC[C@@]2(C[C@H]3[C@@H](C[C@H]4[C@H]5CC[C@H]6C[C@@H](O)CC[C@]6(C)[C@@H]5CC[C@@]43C)O2)OC1. The summed E-state index contributed by atoms with van der Waals surface area (Å²) in [5.41, 5.74) is 0.936. The second kappa shape index (κ2) is 6.45. The average Bonchev–Trinajstić information content (AvgIpc) is 3.18. The van der Waals surface area contributed by atoms with Gasteiger partial charge in [-0.3, -0.25) is 0 Å². The van der Waals surface area contributed by atoms with Crippen LogP contribution in [0.15, 0.2) is 0 Å². The number of rotatable bonds is 0. The Morgan fingerprint density at radius 2 is 1.66 bits per heavy atom. The van der Waals surface area contributed by atoms with E-state index in [9.17, 15) is 5.11 Å². The molecule has 2 aliphatic heterocycles. The number of fused-ring (bicyclic) bond motifs is 7. The molecule has 29 heavy (non-hydrogen) atoms. The van der Waals surface area contributed by atoms with Gasteiger partial charge in [0.2, 0.25) is 0 Å². The third-order valence-electron chi connectivity index (χ3n) is 11.4. The Hall–Kier alpha value is -0.120. The minimum absolute atomic E-state index is 0.0351. The Kier molecular flexibility index (Phi) is 4.35. The van der Waals surface area contributed by atoms with Gasteiger partial charge in [0.15, 0.2) is 5.79 Å². The van der Waals surface area contributed by atoms with E-state index in [0.717, 1.165) is 56.0 Å². The van der Waals surface area contributed by atoms with E-state index in [-0.39, 0.29) is 11.9 Å². The number of hydrogen-bond donors (Lipinski definition) is 1. The summed E-state index contributed by atoms with van der Waals surface area (Å²) in [5, 5.41) is 10.3. The molecule has 0 amide bonds. The maximum atomic E-state index is 10.3. The molecule has 3 heteroatoms. The highest BCUT2D eigenvalue weighted by Crippen LogP contribution is 2.70. The zero-order valence-electron chi connectivity index (χ0n) is 18.9.